The third kappa shape index (κ3) is 7.02. The van der Waals surface area contributed by atoms with Gasteiger partial charge in [0.1, 0.15) is 11.6 Å². The first kappa shape index (κ1) is 20.9. The minimum absolute atomic E-state index is 0.116. The fourth-order valence-corrected chi connectivity index (χ4v) is 3.23. The summed E-state index contributed by atoms with van der Waals surface area (Å²) in [5, 5.41) is 2.85. The lowest BCUT2D eigenvalue weighted by Gasteiger charge is -2.14. The van der Waals surface area contributed by atoms with Crippen LogP contribution in [0, 0.1) is 5.82 Å². The molecule has 5 nitrogen and oxygen atoms in total. The second kappa shape index (κ2) is 9.50. The van der Waals surface area contributed by atoms with Crippen molar-refractivity contribution in [3.05, 3.63) is 59.9 Å². The van der Waals surface area contributed by atoms with Crippen LogP contribution in [0.5, 0.6) is 5.75 Å². The number of carbonyl (C=O) groups excluding carboxylic acids is 1. The van der Waals surface area contributed by atoms with E-state index in [9.17, 15) is 17.6 Å². The molecule has 1 amide bonds. The topological polar surface area (TPSA) is 72.5 Å². The first-order valence-electron chi connectivity index (χ1n) is 8.71. The number of sulfone groups is 1. The molecule has 0 radical (unpaired) electrons. The van der Waals surface area contributed by atoms with Gasteiger partial charge >= 0.3 is 0 Å². The average molecular weight is 393 g/mol. The van der Waals surface area contributed by atoms with Gasteiger partial charge in [-0.3, -0.25) is 4.79 Å². The smallest absolute Gasteiger partial charge is 0.220 e. The summed E-state index contributed by atoms with van der Waals surface area (Å²) in [6.45, 7) is 2.18. The number of benzene rings is 2. The van der Waals surface area contributed by atoms with Gasteiger partial charge in [0.2, 0.25) is 5.91 Å². The van der Waals surface area contributed by atoms with E-state index >= 15 is 0 Å². The summed E-state index contributed by atoms with van der Waals surface area (Å²) in [6, 6.07) is 12.5. The van der Waals surface area contributed by atoms with Crippen LogP contribution in [0.15, 0.2) is 53.4 Å². The first-order valence-corrected chi connectivity index (χ1v) is 10.6. The minimum atomic E-state index is -3.22. The molecule has 2 rings (SSSR count). The lowest BCUT2D eigenvalue weighted by atomic mass is 10.1. The number of carbonyl (C=O) groups is 1. The molecule has 0 aliphatic heterocycles. The molecule has 7 heteroatoms. The summed E-state index contributed by atoms with van der Waals surface area (Å²) in [5.74, 6) is 0.166. The SMILES string of the molecule is CC(Cc1ccccc1F)NC(=O)CCCOc1ccc(S(C)(=O)=O)cc1. The van der Waals surface area contributed by atoms with Gasteiger partial charge in [0.25, 0.3) is 0 Å². The molecule has 0 aromatic heterocycles. The molecule has 0 fully saturated rings. The molecule has 0 saturated heterocycles. The van der Waals surface area contributed by atoms with Gasteiger partial charge in [0.05, 0.1) is 11.5 Å². The van der Waals surface area contributed by atoms with E-state index in [4.69, 9.17) is 4.74 Å². The molecule has 27 heavy (non-hydrogen) atoms. The second-order valence-electron chi connectivity index (χ2n) is 6.46. The van der Waals surface area contributed by atoms with Gasteiger partial charge in [-0.15, -0.1) is 0 Å². The Kier molecular flexibility index (Phi) is 7.36. The van der Waals surface area contributed by atoms with Crippen molar-refractivity contribution in [2.75, 3.05) is 12.9 Å². The third-order valence-electron chi connectivity index (χ3n) is 3.96. The van der Waals surface area contributed by atoms with E-state index in [1.54, 1.807) is 30.3 Å². The zero-order valence-corrected chi connectivity index (χ0v) is 16.3. The predicted molar refractivity (Wildman–Crippen MR) is 102 cm³/mol. The maximum absolute atomic E-state index is 13.6. The van der Waals surface area contributed by atoms with Crippen molar-refractivity contribution in [3.63, 3.8) is 0 Å². The highest BCUT2D eigenvalue weighted by atomic mass is 32.2. The maximum atomic E-state index is 13.6. The van der Waals surface area contributed by atoms with Crippen LogP contribution >= 0.6 is 0 Å². The largest absolute Gasteiger partial charge is 0.494 e. The Labute approximate surface area is 159 Å². The number of hydrogen-bond acceptors (Lipinski definition) is 4. The number of nitrogens with one attached hydrogen (secondary N) is 1. The van der Waals surface area contributed by atoms with Crippen LogP contribution in [0.1, 0.15) is 25.3 Å². The van der Waals surface area contributed by atoms with Crippen molar-refractivity contribution in [1.29, 1.82) is 0 Å². The monoisotopic (exact) mass is 393 g/mol. The van der Waals surface area contributed by atoms with Gasteiger partial charge in [0.15, 0.2) is 9.84 Å². The molecule has 0 aliphatic carbocycles. The van der Waals surface area contributed by atoms with E-state index < -0.39 is 9.84 Å². The fraction of sp³-hybridized carbons (Fsp3) is 0.350. The summed E-state index contributed by atoms with van der Waals surface area (Å²) >= 11 is 0. The lowest BCUT2D eigenvalue weighted by Crippen LogP contribution is -2.34. The Hall–Kier alpha value is -2.41. The molecular formula is C20H24FNO4S. The normalized spacial score (nSPS) is 12.4. The van der Waals surface area contributed by atoms with E-state index in [2.05, 4.69) is 5.32 Å². The predicted octanol–water partition coefficient (Wildman–Crippen LogP) is 3.14. The van der Waals surface area contributed by atoms with Crippen molar-refractivity contribution < 1.29 is 22.3 Å². The van der Waals surface area contributed by atoms with Crippen LogP contribution < -0.4 is 10.1 Å². The van der Waals surface area contributed by atoms with Crippen LogP contribution in [-0.4, -0.2) is 33.2 Å². The van der Waals surface area contributed by atoms with Crippen molar-refractivity contribution in [1.82, 2.24) is 5.32 Å². The molecule has 0 heterocycles. The van der Waals surface area contributed by atoms with Crippen molar-refractivity contribution in [2.24, 2.45) is 0 Å². The Morgan fingerprint density at radius 3 is 2.44 bits per heavy atom. The standard InChI is InChI=1S/C20H24FNO4S/c1-15(14-16-6-3-4-7-19(16)21)22-20(23)8-5-13-26-17-9-11-18(12-10-17)27(2,24)25/h3-4,6-7,9-12,15H,5,8,13-14H2,1-2H3,(H,22,23). The molecule has 146 valence electrons. The minimum Gasteiger partial charge on any atom is -0.494 e. The maximum Gasteiger partial charge on any atom is 0.220 e. The van der Waals surface area contributed by atoms with Crippen LogP contribution in [0.3, 0.4) is 0 Å². The molecule has 1 N–H and O–H groups in total. The molecule has 2 aromatic carbocycles. The Bertz CT molecular complexity index is 866. The van der Waals surface area contributed by atoms with Crippen molar-refractivity contribution in [3.8, 4) is 5.75 Å². The fourth-order valence-electron chi connectivity index (χ4n) is 2.60. The Morgan fingerprint density at radius 1 is 1.15 bits per heavy atom. The third-order valence-corrected chi connectivity index (χ3v) is 5.09. The number of hydrogen-bond donors (Lipinski definition) is 1. The number of amides is 1. The van der Waals surface area contributed by atoms with Gasteiger partial charge in [-0.25, -0.2) is 12.8 Å². The highest BCUT2D eigenvalue weighted by Crippen LogP contribution is 2.16. The number of rotatable bonds is 9. The first-order chi connectivity index (χ1) is 12.8. The molecular weight excluding hydrogens is 369 g/mol. The van der Waals surface area contributed by atoms with E-state index in [0.717, 1.165) is 6.26 Å². The molecule has 1 atom stereocenters. The zero-order chi connectivity index (χ0) is 19.9. The van der Waals surface area contributed by atoms with Crippen LogP contribution in [-0.2, 0) is 21.1 Å². The van der Waals surface area contributed by atoms with E-state index in [-0.39, 0.29) is 22.7 Å². The molecule has 0 bridgehead atoms. The lowest BCUT2D eigenvalue weighted by molar-refractivity contribution is -0.121. The summed E-state index contributed by atoms with van der Waals surface area (Å²) in [4.78, 5) is 12.2. The van der Waals surface area contributed by atoms with Crippen LogP contribution in [0.2, 0.25) is 0 Å². The molecule has 0 aliphatic rings. The highest BCUT2D eigenvalue weighted by molar-refractivity contribution is 7.90. The Morgan fingerprint density at radius 2 is 1.81 bits per heavy atom. The van der Waals surface area contributed by atoms with Gasteiger partial charge in [0, 0.05) is 18.7 Å². The molecule has 2 aromatic rings. The molecule has 0 saturated carbocycles. The number of ether oxygens (including phenoxy) is 1. The summed E-state index contributed by atoms with van der Waals surface area (Å²) in [5.41, 5.74) is 0.575. The van der Waals surface area contributed by atoms with Crippen molar-refractivity contribution in [2.45, 2.75) is 37.1 Å². The Balaban J connectivity index is 1.69. The van der Waals surface area contributed by atoms with E-state index in [0.29, 0.717) is 37.2 Å². The van der Waals surface area contributed by atoms with Gasteiger partial charge in [-0.2, -0.15) is 0 Å². The average Bonchev–Trinajstić information content (AvgIpc) is 2.60. The molecule has 1 unspecified atom stereocenters. The van der Waals surface area contributed by atoms with Crippen molar-refractivity contribution >= 4 is 15.7 Å². The van der Waals surface area contributed by atoms with Crippen LogP contribution in [0.25, 0.3) is 0 Å². The van der Waals surface area contributed by atoms with E-state index in [1.165, 1.54) is 18.2 Å². The second-order valence-corrected chi connectivity index (χ2v) is 8.48. The van der Waals surface area contributed by atoms with Gasteiger partial charge in [-0.1, -0.05) is 18.2 Å². The summed E-state index contributed by atoms with van der Waals surface area (Å²) in [6.07, 6.45) is 2.39. The quantitative estimate of drug-likeness (QED) is 0.665. The molecule has 0 spiro atoms. The van der Waals surface area contributed by atoms with Gasteiger partial charge < -0.3 is 10.1 Å². The van der Waals surface area contributed by atoms with Crippen LogP contribution in [0.4, 0.5) is 4.39 Å². The number of halogens is 1. The zero-order valence-electron chi connectivity index (χ0n) is 15.4. The van der Waals surface area contributed by atoms with E-state index in [1.807, 2.05) is 6.92 Å². The van der Waals surface area contributed by atoms with Gasteiger partial charge in [-0.05, 0) is 55.7 Å². The summed E-state index contributed by atoms with van der Waals surface area (Å²) < 4.78 is 41.9. The highest BCUT2D eigenvalue weighted by Gasteiger charge is 2.11. The summed E-state index contributed by atoms with van der Waals surface area (Å²) in [7, 11) is -3.22.